The van der Waals surface area contributed by atoms with Crippen molar-refractivity contribution in [2.45, 2.75) is 4.59 Å². The fourth-order valence-electron chi connectivity index (χ4n) is 0.818. The van der Waals surface area contributed by atoms with Crippen molar-refractivity contribution >= 4 is 35.3 Å². The maximum Gasteiger partial charge on any atom is 0.295 e. The standard InChI is InChI=1S/C9H7Cl2FN2O/c10-9(11,12)6-13-14-8(15)7-4-2-1-3-5-7/h1-6H,(H,14,15). The molecule has 1 N–H and O–H groups in total. The van der Waals surface area contributed by atoms with Gasteiger partial charge in [-0.05, 0) is 12.1 Å². The van der Waals surface area contributed by atoms with Crippen LogP contribution >= 0.6 is 23.2 Å². The van der Waals surface area contributed by atoms with Gasteiger partial charge in [0.05, 0.1) is 6.21 Å². The summed E-state index contributed by atoms with van der Waals surface area (Å²) >= 11 is 9.92. The first-order valence-electron chi connectivity index (χ1n) is 3.95. The van der Waals surface area contributed by atoms with Crippen molar-refractivity contribution < 1.29 is 9.18 Å². The summed E-state index contributed by atoms with van der Waals surface area (Å²) in [7, 11) is 0. The largest absolute Gasteiger partial charge is 0.295 e. The topological polar surface area (TPSA) is 41.5 Å². The third kappa shape index (κ3) is 4.76. The second-order valence-corrected chi connectivity index (χ2v) is 3.90. The summed E-state index contributed by atoms with van der Waals surface area (Å²) in [5.74, 6) is -0.468. The second-order valence-electron chi connectivity index (χ2n) is 2.61. The van der Waals surface area contributed by atoms with Crippen LogP contribution in [0, 0.1) is 0 Å². The maximum absolute atomic E-state index is 12.5. The SMILES string of the molecule is O=C(NN=CC(F)(Cl)Cl)c1ccccc1. The molecule has 15 heavy (non-hydrogen) atoms. The van der Waals surface area contributed by atoms with Crippen LogP contribution in [0.5, 0.6) is 0 Å². The van der Waals surface area contributed by atoms with Gasteiger partial charge < -0.3 is 0 Å². The molecule has 1 rings (SSSR count). The molecule has 0 heterocycles. The number of hydrogen-bond donors (Lipinski definition) is 1. The quantitative estimate of drug-likeness (QED) is 0.499. The Hall–Kier alpha value is -1.13. The number of nitrogens with one attached hydrogen (secondary N) is 1. The first-order chi connectivity index (χ1) is 6.99. The number of halogens is 3. The lowest BCUT2D eigenvalue weighted by atomic mass is 10.2. The third-order valence-corrected chi connectivity index (χ3v) is 1.61. The highest BCUT2D eigenvalue weighted by Gasteiger charge is 2.18. The normalized spacial score (nSPS) is 11.7. The Morgan fingerprint density at radius 3 is 2.53 bits per heavy atom. The van der Waals surface area contributed by atoms with Gasteiger partial charge in [0.1, 0.15) is 0 Å². The minimum atomic E-state index is -2.58. The molecule has 0 radical (unpaired) electrons. The summed E-state index contributed by atoms with van der Waals surface area (Å²) in [5.41, 5.74) is 2.48. The molecule has 0 aliphatic rings. The van der Waals surface area contributed by atoms with Gasteiger partial charge in [-0.2, -0.15) is 5.10 Å². The fourth-order valence-corrected chi connectivity index (χ4v) is 0.916. The van der Waals surface area contributed by atoms with Gasteiger partial charge in [-0.1, -0.05) is 41.4 Å². The smallest absolute Gasteiger partial charge is 0.267 e. The fraction of sp³-hybridized carbons (Fsp3) is 0.111. The zero-order valence-corrected chi connectivity index (χ0v) is 8.97. The molecular weight excluding hydrogens is 242 g/mol. The first kappa shape index (κ1) is 11.9. The van der Waals surface area contributed by atoms with Crippen LogP contribution < -0.4 is 5.43 Å². The highest BCUT2D eigenvalue weighted by atomic mass is 35.5. The summed E-state index contributed by atoms with van der Waals surface area (Å²) in [4.78, 5) is 11.3. The van der Waals surface area contributed by atoms with E-state index in [2.05, 4.69) is 10.5 Å². The molecule has 1 aromatic carbocycles. The van der Waals surface area contributed by atoms with Crippen molar-refractivity contribution in [3.05, 3.63) is 35.9 Å². The highest BCUT2D eigenvalue weighted by Crippen LogP contribution is 2.18. The van der Waals surface area contributed by atoms with Crippen LogP contribution in [-0.4, -0.2) is 16.7 Å². The monoisotopic (exact) mass is 248 g/mol. The number of carbonyl (C=O) groups excluding carboxylic acids is 1. The van der Waals surface area contributed by atoms with Crippen LogP contribution in [0.15, 0.2) is 35.4 Å². The highest BCUT2D eigenvalue weighted by molar-refractivity contribution is 6.54. The predicted octanol–water partition coefficient (Wildman–Crippen LogP) is 2.50. The molecule has 0 aliphatic carbocycles. The van der Waals surface area contributed by atoms with Gasteiger partial charge in [-0.15, -0.1) is 0 Å². The van der Waals surface area contributed by atoms with Crippen LogP contribution in [0.4, 0.5) is 4.39 Å². The van der Waals surface area contributed by atoms with Gasteiger partial charge in [-0.3, -0.25) is 4.79 Å². The van der Waals surface area contributed by atoms with Crippen molar-refractivity contribution in [2.75, 3.05) is 0 Å². The van der Waals surface area contributed by atoms with E-state index in [4.69, 9.17) is 23.2 Å². The molecule has 6 heteroatoms. The van der Waals surface area contributed by atoms with Crippen molar-refractivity contribution in [1.82, 2.24) is 5.43 Å². The van der Waals surface area contributed by atoms with E-state index in [1.54, 1.807) is 30.3 Å². The molecule has 0 aliphatic heterocycles. The van der Waals surface area contributed by atoms with E-state index >= 15 is 0 Å². The number of alkyl halides is 3. The summed E-state index contributed by atoms with van der Waals surface area (Å²) in [6, 6.07) is 8.34. The maximum atomic E-state index is 12.5. The Morgan fingerprint density at radius 2 is 2.00 bits per heavy atom. The van der Waals surface area contributed by atoms with Gasteiger partial charge in [0.2, 0.25) is 0 Å². The molecule has 0 saturated heterocycles. The molecular formula is C9H7Cl2FN2O. The van der Waals surface area contributed by atoms with Gasteiger partial charge in [0.25, 0.3) is 10.5 Å². The van der Waals surface area contributed by atoms with Gasteiger partial charge in [0, 0.05) is 5.56 Å². The van der Waals surface area contributed by atoms with E-state index in [1.165, 1.54) is 0 Å². The van der Waals surface area contributed by atoms with Crippen LogP contribution in [0.25, 0.3) is 0 Å². The summed E-state index contributed by atoms with van der Waals surface area (Å²) in [6.45, 7) is 0. The summed E-state index contributed by atoms with van der Waals surface area (Å²) in [5, 5.41) is 3.26. The average molecular weight is 249 g/mol. The number of rotatable bonds is 3. The Bertz CT molecular complexity index is 362. The summed E-state index contributed by atoms with van der Waals surface area (Å²) < 4.78 is 9.89. The van der Waals surface area contributed by atoms with E-state index in [0.717, 1.165) is 0 Å². The molecule has 0 spiro atoms. The molecule has 0 unspecified atom stereocenters. The number of hydrazone groups is 1. The van der Waals surface area contributed by atoms with E-state index in [1.807, 2.05) is 0 Å². The first-order valence-corrected chi connectivity index (χ1v) is 4.71. The Kier molecular flexibility index (Phi) is 4.05. The average Bonchev–Trinajstić information content (AvgIpc) is 2.17. The number of amides is 1. The molecule has 0 bridgehead atoms. The number of hydrogen-bond acceptors (Lipinski definition) is 2. The molecule has 1 aromatic rings. The number of benzene rings is 1. The Balaban J connectivity index is 2.55. The minimum Gasteiger partial charge on any atom is -0.267 e. The van der Waals surface area contributed by atoms with Gasteiger partial charge >= 0.3 is 0 Å². The minimum absolute atomic E-state index is 0.406. The zero-order valence-electron chi connectivity index (χ0n) is 7.45. The number of nitrogens with zero attached hydrogens (tertiary/aromatic N) is 1. The van der Waals surface area contributed by atoms with Crippen LogP contribution in [0.2, 0.25) is 0 Å². The molecule has 0 fully saturated rings. The van der Waals surface area contributed by atoms with E-state index in [0.29, 0.717) is 11.8 Å². The van der Waals surface area contributed by atoms with Crippen molar-refractivity contribution in [3.63, 3.8) is 0 Å². The van der Waals surface area contributed by atoms with Crippen LogP contribution in [0.3, 0.4) is 0 Å². The predicted molar refractivity (Wildman–Crippen MR) is 57.9 cm³/mol. The van der Waals surface area contributed by atoms with Crippen molar-refractivity contribution in [2.24, 2.45) is 5.10 Å². The van der Waals surface area contributed by atoms with E-state index in [-0.39, 0.29) is 0 Å². The molecule has 3 nitrogen and oxygen atoms in total. The second kappa shape index (κ2) is 5.09. The van der Waals surface area contributed by atoms with Crippen LogP contribution in [0.1, 0.15) is 10.4 Å². The van der Waals surface area contributed by atoms with Gasteiger partial charge in [-0.25, -0.2) is 9.82 Å². The van der Waals surface area contributed by atoms with Crippen molar-refractivity contribution in [3.8, 4) is 0 Å². The van der Waals surface area contributed by atoms with Crippen molar-refractivity contribution in [1.29, 1.82) is 0 Å². The molecule has 0 saturated carbocycles. The van der Waals surface area contributed by atoms with E-state index in [9.17, 15) is 9.18 Å². The lowest BCUT2D eigenvalue weighted by Crippen LogP contribution is -2.19. The Labute approximate surface area is 95.9 Å². The lowest BCUT2D eigenvalue weighted by Gasteiger charge is -2.01. The number of carbonyl (C=O) groups is 1. The molecule has 0 aromatic heterocycles. The Morgan fingerprint density at radius 1 is 1.40 bits per heavy atom. The lowest BCUT2D eigenvalue weighted by molar-refractivity contribution is 0.0955. The molecule has 80 valence electrons. The zero-order chi connectivity index (χ0) is 11.3. The van der Waals surface area contributed by atoms with Crippen LogP contribution in [-0.2, 0) is 0 Å². The molecule has 1 amide bonds. The van der Waals surface area contributed by atoms with Gasteiger partial charge in [0.15, 0.2) is 0 Å². The molecule has 0 atom stereocenters. The summed E-state index contributed by atoms with van der Waals surface area (Å²) in [6.07, 6.45) is 0.580. The third-order valence-electron chi connectivity index (χ3n) is 1.41. The van der Waals surface area contributed by atoms with E-state index < -0.39 is 10.5 Å².